The number of carbonyl (C=O) groups is 1. The van der Waals surface area contributed by atoms with Gasteiger partial charge in [0, 0.05) is 34.4 Å². The summed E-state index contributed by atoms with van der Waals surface area (Å²) < 4.78 is 0. The van der Waals surface area contributed by atoms with Gasteiger partial charge < -0.3 is 11.1 Å². The summed E-state index contributed by atoms with van der Waals surface area (Å²) in [6, 6.07) is 9.55. The zero-order chi connectivity index (χ0) is 16.3. The van der Waals surface area contributed by atoms with E-state index in [2.05, 4.69) is 5.32 Å². The molecule has 2 aromatic carbocycles. The van der Waals surface area contributed by atoms with Crippen LogP contribution < -0.4 is 11.1 Å². The first-order valence-electron chi connectivity index (χ1n) is 6.45. The number of amides is 1. The molecule has 0 bridgehead atoms. The number of nitrogens with two attached hydrogens (primary N) is 1. The Morgan fingerprint density at radius 1 is 1.32 bits per heavy atom. The van der Waals surface area contributed by atoms with Gasteiger partial charge in [-0.2, -0.15) is 0 Å². The lowest BCUT2D eigenvalue weighted by Crippen LogP contribution is -2.12. The van der Waals surface area contributed by atoms with Gasteiger partial charge in [-0.1, -0.05) is 17.7 Å². The zero-order valence-corrected chi connectivity index (χ0v) is 12.6. The Balaban J connectivity index is 2.27. The van der Waals surface area contributed by atoms with Crippen LogP contribution in [0.15, 0.2) is 36.4 Å². The van der Waals surface area contributed by atoms with E-state index in [4.69, 9.17) is 17.3 Å². The summed E-state index contributed by atoms with van der Waals surface area (Å²) in [5, 5.41) is 14.8. The Hall–Kier alpha value is -2.60. The van der Waals surface area contributed by atoms with Gasteiger partial charge in [0.2, 0.25) is 5.91 Å². The van der Waals surface area contributed by atoms with Crippen molar-refractivity contribution in [3.8, 4) is 0 Å². The van der Waals surface area contributed by atoms with Crippen LogP contribution in [0.2, 0.25) is 5.02 Å². The number of benzene rings is 2. The molecule has 0 atom stereocenters. The number of carbonyl (C=O) groups excluding carboxylic acids is 1. The van der Waals surface area contributed by atoms with Crippen LogP contribution in [0, 0.1) is 17.0 Å². The van der Waals surface area contributed by atoms with Crippen LogP contribution in [0.4, 0.5) is 11.4 Å². The first-order valence-corrected chi connectivity index (χ1v) is 6.83. The maximum Gasteiger partial charge on any atom is 0.275 e. The molecule has 0 saturated carbocycles. The average Bonchev–Trinajstić information content (AvgIpc) is 2.47. The van der Waals surface area contributed by atoms with Gasteiger partial charge in [-0.05, 0) is 36.8 Å². The quantitative estimate of drug-likeness (QED) is 0.652. The summed E-state index contributed by atoms with van der Waals surface area (Å²) in [4.78, 5) is 21.7. The van der Waals surface area contributed by atoms with Gasteiger partial charge in [0.15, 0.2) is 0 Å². The highest BCUT2D eigenvalue weighted by Gasteiger charge is 2.16. The predicted octanol–water partition coefficient (Wildman–Crippen LogP) is 3.27. The second-order valence-corrected chi connectivity index (χ2v) is 5.21. The van der Waals surface area contributed by atoms with E-state index in [1.54, 1.807) is 12.1 Å². The molecule has 114 valence electrons. The predicted molar refractivity (Wildman–Crippen MR) is 85.1 cm³/mol. The van der Waals surface area contributed by atoms with E-state index in [1.807, 2.05) is 13.0 Å². The molecule has 2 rings (SSSR count). The topological polar surface area (TPSA) is 98.3 Å². The number of nitrogens with zero attached hydrogens (tertiary/aromatic N) is 1. The van der Waals surface area contributed by atoms with Gasteiger partial charge in [-0.3, -0.25) is 14.9 Å². The van der Waals surface area contributed by atoms with Crippen molar-refractivity contribution in [1.29, 1.82) is 0 Å². The van der Waals surface area contributed by atoms with Crippen LogP contribution in [0.25, 0.3) is 0 Å². The molecule has 0 heterocycles. The van der Waals surface area contributed by atoms with E-state index in [0.29, 0.717) is 10.6 Å². The lowest BCUT2D eigenvalue weighted by atomic mass is 10.1. The fourth-order valence-electron chi connectivity index (χ4n) is 2.01. The molecule has 7 heteroatoms. The Kier molecular flexibility index (Phi) is 4.62. The second-order valence-electron chi connectivity index (χ2n) is 4.78. The molecule has 0 saturated heterocycles. The van der Waals surface area contributed by atoms with Crippen molar-refractivity contribution in [1.82, 2.24) is 0 Å². The van der Waals surface area contributed by atoms with Crippen molar-refractivity contribution in [3.05, 3.63) is 68.2 Å². The first kappa shape index (κ1) is 15.8. The highest BCUT2D eigenvalue weighted by molar-refractivity contribution is 6.30. The number of anilines is 1. The Morgan fingerprint density at radius 3 is 2.68 bits per heavy atom. The minimum absolute atomic E-state index is 0.106. The smallest absolute Gasteiger partial charge is 0.275 e. The fraction of sp³-hybridized carbons (Fsp3) is 0.133. The van der Waals surface area contributed by atoms with Crippen LogP contribution in [0.5, 0.6) is 0 Å². The number of nitrogens with one attached hydrogen (secondary N) is 1. The van der Waals surface area contributed by atoms with E-state index in [0.717, 1.165) is 11.3 Å². The van der Waals surface area contributed by atoms with Crippen LogP contribution >= 0.6 is 11.6 Å². The zero-order valence-electron chi connectivity index (χ0n) is 11.8. The summed E-state index contributed by atoms with van der Waals surface area (Å²) >= 11 is 5.94. The molecule has 22 heavy (non-hydrogen) atoms. The molecule has 0 fully saturated rings. The van der Waals surface area contributed by atoms with Gasteiger partial charge in [0.1, 0.15) is 0 Å². The molecule has 2 aromatic rings. The van der Waals surface area contributed by atoms with E-state index in [9.17, 15) is 14.9 Å². The number of aryl methyl sites for hydroxylation is 1. The van der Waals surface area contributed by atoms with Crippen molar-refractivity contribution in [3.63, 3.8) is 0 Å². The van der Waals surface area contributed by atoms with Crippen LogP contribution in [0.3, 0.4) is 0 Å². The van der Waals surface area contributed by atoms with Gasteiger partial charge in [0.05, 0.1) is 4.92 Å². The summed E-state index contributed by atoms with van der Waals surface area (Å²) in [7, 11) is 0. The van der Waals surface area contributed by atoms with Crippen molar-refractivity contribution in [2.45, 2.75) is 13.5 Å². The number of halogens is 1. The normalized spacial score (nSPS) is 10.3. The van der Waals surface area contributed by atoms with Crippen molar-refractivity contribution >= 4 is 28.9 Å². The van der Waals surface area contributed by atoms with Gasteiger partial charge in [0.25, 0.3) is 5.69 Å². The molecule has 0 unspecified atom stereocenters. The van der Waals surface area contributed by atoms with E-state index >= 15 is 0 Å². The number of hydrogen-bond acceptors (Lipinski definition) is 4. The highest BCUT2D eigenvalue weighted by Crippen LogP contribution is 2.24. The summed E-state index contributed by atoms with van der Waals surface area (Å²) in [6.45, 7) is 2.14. The van der Waals surface area contributed by atoms with Crippen LogP contribution in [-0.4, -0.2) is 10.8 Å². The van der Waals surface area contributed by atoms with Crippen molar-refractivity contribution in [2.75, 3.05) is 5.32 Å². The monoisotopic (exact) mass is 319 g/mol. The average molecular weight is 320 g/mol. The number of nitro groups is 1. The molecule has 3 N–H and O–H groups in total. The molecule has 6 nitrogen and oxygen atoms in total. The maximum absolute atomic E-state index is 11.1. The molecule has 0 aliphatic carbocycles. The first-order chi connectivity index (χ1) is 10.4. The van der Waals surface area contributed by atoms with E-state index in [1.165, 1.54) is 18.2 Å². The fourth-order valence-corrected chi connectivity index (χ4v) is 2.18. The third-order valence-electron chi connectivity index (χ3n) is 3.24. The number of hydrogen-bond donors (Lipinski definition) is 2. The molecule has 0 radical (unpaired) electrons. The molecule has 1 amide bonds. The number of rotatable bonds is 5. The van der Waals surface area contributed by atoms with E-state index in [-0.39, 0.29) is 17.8 Å². The molecule has 0 aromatic heterocycles. The molecular formula is C15H14ClN3O3. The van der Waals surface area contributed by atoms with Crippen molar-refractivity contribution < 1.29 is 9.72 Å². The molecule has 0 aliphatic heterocycles. The third kappa shape index (κ3) is 3.53. The Morgan fingerprint density at radius 2 is 2.05 bits per heavy atom. The number of primary amides is 1. The largest absolute Gasteiger partial charge is 0.380 e. The maximum atomic E-state index is 11.1. The van der Waals surface area contributed by atoms with Gasteiger partial charge in [-0.15, -0.1) is 0 Å². The second kappa shape index (κ2) is 6.44. The standard InChI is InChI=1S/C15H14ClN3O3/c1-9-2-5-12(16)7-13(9)18-8-11-4-3-10(15(17)20)6-14(11)19(21)22/h2-7,18H,8H2,1H3,(H2,17,20). The van der Waals surface area contributed by atoms with Crippen LogP contribution in [0.1, 0.15) is 21.5 Å². The molecule has 0 spiro atoms. The summed E-state index contributed by atoms with van der Waals surface area (Å²) in [6.07, 6.45) is 0. The van der Waals surface area contributed by atoms with Crippen LogP contribution in [-0.2, 0) is 6.54 Å². The minimum atomic E-state index is -0.701. The van der Waals surface area contributed by atoms with Gasteiger partial charge in [-0.25, -0.2) is 0 Å². The highest BCUT2D eigenvalue weighted by atomic mass is 35.5. The molecular weight excluding hydrogens is 306 g/mol. The lowest BCUT2D eigenvalue weighted by Gasteiger charge is -2.10. The third-order valence-corrected chi connectivity index (χ3v) is 3.47. The lowest BCUT2D eigenvalue weighted by molar-refractivity contribution is -0.385. The summed E-state index contributed by atoms with van der Waals surface area (Å²) in [5.74, 6) is -0.701. The minimum Gasteiger partial charge on any atom is -0.380 e. The molecule has 0 aliphatic rings. The Labute approximate surface area is 132 Å². The van der Waals surface area contributed by atoms with Gasteiger partial charge >= 0.3 is 0 Å². The van der Waals surface area contributed by atoms with E-state index < -0.39 is 10.8 Å². The Bertz CT molecular complexity index is 747. The number of nitro benzene ring substituents is 1. The van der Waals surface area contributed by atoms with Crippen molar-refractivity contribution in [2.24, 2.45) is 5.73 Å². The summed E-state index contributed by atoms with van der Waals surface area (Å²) in [5.41, 5.74) is 7.32. The SMILES string of the molecule is Cc1ccc(Cl)cc1NCc1ccc(C(N)=O)cc1[N+](=O)[O-].